The SMILES string of the molecule is CC1(C)OB(CCC[C@H]2CN(S(=O)(=O)Nc3ccn(COCC[Si](C)(C)C)n3)C[C@@]2(N=[N+]=[N-])C(=O)O)OC1(C)C. The van der Waals surface area contributed by atoms with Gasteiger partial charge < -0.3 is 19.2 Å². The van der Waals surface area contributed by atoms with Crippen LogP contribution in [0.25, 0.3) is 10.4 Å². The Labute approximate surface area is 237 Å². The van der Waals surface area contributed by atoms with Gasteiger partial charge >= 0.3 is 23.3 Å². The van der Waals surface area contributed by atoms with Gasteiger partial charge in [-0.2, -0.15) is 17.8 Å². The Hall–Kier alpha value is -2.14. The summed E-state index contributed by atoms with van der Waals surface area (Å²) < 4.78 is 49.0. The van der Waals surface area contributed by atoms with Crippen molar-refractivity contribution in [3.63, 3.8) is 0 Å². The molecular formula is C23H42BN7O7SSi. The number of nitrogens with one attached hydrogen (secondary N) is 1. The first kappa shape index (κ1) is 32.4. The smallest absolute Gasteiger partial charge is 0.457 e. The van der Waals surface area contributed by atoms with Gasteiger partial charge in [-0.3, -0.25) is 9.52 Å². The number of aromatic nitrogens is 2. The number of carbonyl (C=O) groups is 1. The fourth-order valence-electron chi connectivity index (χ4n) is 4.69. The Kier molecular flexibility index (Phi) is 9.71. The van der Waals surface area contributed by atoms with E-state index in [0.717, 1.165) is 10.3 Å². The predicted molar refractivity (Wildman–Crippen MR) is 154 cm³/mol. The summed E-state index contributed by atoms with van der Waals surface area (Å²) in [5.41, 5.74) is 6.25. The maximum Gasteiger partial charge on any atom is 0.457 e. The second kappa shape index (κ2) is 12.0. The van der Waals surface area contributed by atoms with Gasteiger partial charge in [-0.15, -0.1) is 0 Å². The molecule has 0 amide bonds. The Morgan fingerprint density at radius 2 is 1.98 bits per heavy atom. The molecule has 1 aromatic rings. The molecule has 0 aromatic carbocycles. The monoisotopic (exact) mass is 599 g/mol. The molecule has 2 saturated heterocycles. The number of carboxylic acid groups (broad SMARTS) is 1. The van der Waals surface area contributed by atoms with E-state index < -0.39 is 60.6 Å². The average Bonchev–Trinajstić information content (AvgIpc) is 3.46. The molecule has 3 rings (SSSR count). The van der Waals surface area contributed by atoms with E-state index in [1.165, 1.54) is 10.7 Å². The summed E-state index contributed by atoms with van der Waals surface area (Å²) in [5.74, 6) is -2.05. The van der Waals surface area contributed by atoms with Crippen molar-refractivity contribution in [3.05, 3.63) is 22.7 Å². The highest BCUT2D eigenvalue weighted by Crippen LogP contribution is 2.40. The summed E-state index contributed by atoms with van der Waals surface area (Å²) >= 11 is 0. The first-order valence-electron chi connectivity index (χ1n) is 13.5. The van der Waals surface area contributed by atoms with Crippen LogP contribution in [0.1, 0.15) is 40.5 Å². The number of nitrogens with zero attached hydrogens (tertiary/aromatic N) is 6. The van der Waals surface area contributed by atoms with E-state index in [1.807, 2.05) is 27.7 Å². The summed E-state index contributed by atoms with van der Waals surface area (Å²) in [7, 11) is -5.90. The van der Waals surface area contributed by atoms with Crippen molar-refractivity contribution in [1.82, 2.24) is 14.1 Å². The Morgan fingerprint density at radius 3 is 2.55 bits per heavy atom. The lowest BCUT2D eigenvalue weighted by Crippen LogP contribution is -2.45. The molecule has 17 heteroatoms. The van der Waals surface area contributed by atoms with Crippen molar-refractivity contribution in [2.75, 3.05) is 24.4 Å². The number of carboxylic acids is 1. The molecule has 0 spiro atoms. The minimum atomic E-state index is -4.20. The van der Waals surface area contributed by atoms with Crippen LogP contribution in [-0.4, -0.2) is 85.2 Å². The molecule has 224 valence electrons. The van der Waals surface area contributed by atoms with Crippen LogP contribution >= 0.6 is 0 Å². The van der Waals surface area contributed by atoms with E-state index in [-0.39, 0.29) is 19.1 Å². The lowest BCUT2D eigenvalue weighted by Gasteiger charge is -2.32. The average molecular weight is 600 g/mol. The number of azide groups is 1. The number of rotatable bonds is 14. The molecule has 0 aliphatic carbocycles. The van der Waals surface area contributed by atoms with Gasteiger partial charge in [0.25, 0.3) is 0 Å². The summed E-state index contributed by atoms with van der Waals surface area (Å²) in [4.78, 5) is 15.1. The molecule has 40 heavy (non-hydrogen) atoms. The van der Waals surface area contributed by atoms with E-state index in [2.05, 4.69) is 39.5 Å². The third-order valence-electron chi connectivity index (χ3n) is 7.84. The molecule has 0 unspecified atom stereocenters. The third-order valence-corrected chi connectivity index (χ3v) is 11.0. The second-order valence-corrected chi connectivity index (χ2v) is 20.0. The van der Waals surface area contributed by atoms with Crippen molar-refractivity contribution < 1.29 is 32.4 Å². The molecule has 1 aromatic heterocycles. The van der Waals surface area contributed by atoms with E-state index >= 15 is 0 Å². The normalized spacial score (nSPS) is 24.7. The zero-order valence-corrected chi connectivity index (χ0v) is 26.3. The fourth-order valence-corrected chi connectivity index (χ4v) is 6.69. The first-order chi connectivity index (χ1) is 18.4. The van der Waals surface area contributed by atoms with Crippen molar-refractivity contribution in [2.45, 2.75) is 96.0 Å². The highest BCUT2D eigenvalue weighted by atomic mass is 32.2. The molecule has 0 bridgehead atoms. The van der Waals surface area contributed by atoms with Crippen molar-refractivity contribution in [2.24, 2.45) is 11.0 Å². The molecule has 0 saturated carbocycles. The van der Waals surface area contributed by atoms with Crippen LogP contribution in [-0.2, 0) is 35.8 Å². The van der Waals surface area contributed by atoms with Gasteiger partial charge in [0.15, 0.2) is 11.4 Å². The lowest BCUT2D eigenvalue weighted by atomic mass is 9.78. The van der Waals surface area contributed by atoms with E-state index in [1.54, 1.807) is 6.20 Å². The number of ether oxygens (including phenoxy) is 1. The maximum atomic E-state index is 13.2. The van der Waals surface area contributed by atoms with Crippen molar-refractivity contribution in [3.8, 4) is 0 Å². The zero-order chi connectivity index (χ0) is 30.0. The molecule has 14 nitrogen and oxygen atoms in total. The van der Waals surface area contributed by atoms with Crippen LogP contribution in [0, 0.1) is 5.92 Å². The van der Waals surface area contributed by atoms with Crippen LogP contribution in [0.5, 0.6) is 0 Å². The van der Waals surface area contributed by atoms with Crippen LogP contribution in [0.3, 0.4) is 0 Å². The number of hydrogen-bond acceptors (Lipinski definition) is 8. The zero-order valence-electron chi connectivity index (χ0n) is 24.5. The maximum absolute atomic E-state index is 13.2. The number of aliphatic carboxylic acids is 1. The molecule has 0 radical (unpaired) electrons. The highest BCUT2D eigenvalue weighted by molar-refractivity contribution is 7.90. The van der Waals surface area contributed by atoms with Gasteiger partial charge in [0.2, 0.25) is 0 Å². The summed E-state index contributed by atoms with van der Waals surface area (Å²) in [6, 6.07) is 2.49. The molecule has 2 N–H and O–H groups in total. The molecule has 2 aliphatic heterocycles. The van der Waals surface area contributed by atoms with Crippen molar-refractivity contribution in [1.29, 1.82) is 0 Å². The topological polar surface area (TPSA) is 181 Å². The fraction of sp³-hybridized carbons (Fsp3) is 0.826. The largest absolute Gasteiger partial charge is 0.481 e. The summed E-state index contributed by atoms with van der Waals surface area (Å²) in [6.07, 6.45) is 2.86. The van der Waals surface area contributed by atoms with Gasteiger partial charge in [0.05, 0.1) is 11.2 Å². The molecular weight excluding hydrogens is 557 g/mol. The summed E-state index contributed by atoms with van der Waals surface area (Å²) in [5, 5.41) is 17.9. The van der Waals surface area contributed by atoms with Crippen LogP contribution in [0.2, 0.25) is 32.0 Å². The van der Waals surface area contributed by atoms with E-state index in [9.17, 15) is 23.8 Å². The van der Waals surface area contributed by atoms with Gasteiger partial charge in [-0.25, -0.2) is 4.68 Å². The highest BCUT2D eigenvalue weighted by Gasteiger charge is 2.55. The second-order valence-electron chi connectivity index (χ2n) is 12.7. The standard InChI is InChI=1S/C23H42BN7O7SSi/c1-21(2)22(3,4)38-24(37-21)11-8-9-18-15-31(16-23(18,20(32)33)28-29-25)39(34,35)27-19-10-12-30(26-19)17-36-13-14-40(5,6)7/h10,12,18H,8-9,11,13-17H2,1-7H3,(H,26,27)(H,32,33)/t18-,23-/m0/s1. The third kappa shape index (κ3) is 7.57. The Balaban J connectivity index is 1.65. The molecule has 2 fully saturated rings. The number of anilines is 1. The minimum absolute atomic E-state index is 0.0720. The lowest BCUT2D eigenvalue weighted by molar-refractivity contribution is -0.144. The minimum Gasteiger partial charge on any atom is -0.481 e. The van der Waals surface area contributed by atoms with E-state index in [0.29, 0.717) is 25.8 Å². The summed E-state index contributed by atoms with van der Waals surface area (Å²) in [6.45, 7) is 14.7. The van der Waals surface area contributed by atoms with Gasteiger partial charge in [-0.05, 0) is 57.9 Å². The van der Waals surface area contributed by atoms with Crippen LogP contribution < -0.4 is 4.72 Å². The number of hydrogen-bond donors (Lipinski definition) is 2. The Morgan fingerprint density at radius 1 is 1.32 bits per heavy atom. The van der Waals surface area contributed by atoms with Crippen LogP contribution in [0.15, 0.2) is 17.4 Å². The predicted octanol–water partition coefficient (Wildman–Crippen LogP) is 3.79. The molecule has 3 heterocycles. The van der Waals surface area contributed by atoms with Crippen LogP contribution in [0.4, 0.5) is 5.82 Å². The van der Waals surface area contributed by atoms with E-state index in [4.69, 9.17) is 14.0 Å². The quantitative estimate of drug-likeness (QED) is 0.106. The first-order valence-corrected chi connectivity index (χ1v) is 18.6. The van der Waals surface area contributed by atoms with Gasteiger partial charge in [0, 0.05) is 44.9 Å². The van der Waals surface area contributed by atoms with Gasteiger partial charge in [-0.1, -0.05) is 31.2 Å². The van der Waals surface area contributed by atoms with Crippen molar-refractivity contribution >= 4 is 37.2 Å². The van der Waals surface area contributed by atoms with Gasteiger partial charge in [0.1, 0.15) is 6.73 Å². The Bertz CT molecular complexity index is 1200. The molecule has 2 atom stereocenters. The molecule has 2 aliphatic rings.